The molecular formula is C26H28F2N9O5+. The molecule has 2 aromatic carbocycles. The molecule has 3 heterocycles. The van der Waals surface area contributed by atoms with Crippen molar-refractivity contribution >= 4 is 24.2 Å². The van der Waals surface area contributed by atoms with Crippen molar-refractivity contribution in [3.05, 3.63) is 66.0 Å². The minimum Gasteiger partial charge on any atom is -0.435 e. The molecule has 2 aliphatic rings. The molecule has 1 saturated heterocycles. The number of amides is 2. The predicted molar refractivity (Wildman–Crippen MR) is 142 cm³/mol. The van der Waals surface area contributed by atoms with E-state index in [1.807, 2.05) is 0 Å². The van der Waals surface area contributed by atoms with E-state index >= 15 is 4.39 Å². The van der Waals surface area contributed by atoms with E-state index < -0.39 is 35.5 Å². The van der Waals surface area contributed by atoms with E-state index in [2.05, 4.69) is 27.0 Å². The summed E-state index contributed by atoms with van der Waals surface area (Å²) in [5.74, 6) is -1.78. The van der Waals surface area contributed by atoms with Crippen LogP contribution in [0, 0.1) is 11.6 Å². The quantitative estimate of drug-likeness (QED) is 0.278. The van der Waals surface area contributed by atoms with Crippen molar-refractivity contribution in [2.75, 3.05) is 44.5 Å². The highest BCUT2D eigenvalue weighted by atomic mass is 19.1. The highest BCUT2D eigenvalue weighted by Gasteiger charge is 2.48. The first-order valence-corrected chi connectivity index (χ1v) is 13.0. The number of aromatic nitrogens is 4. The summed E-state index contributed by atoms with van der Waals surface area (Å²) in [6, 6.07) is 8.50. The number of nitrogens with zero attached hydrogens (tertiary/aromatic N) is 9. The van der Waals surface area contributed by atoms with Crippen molar-refractivity contribution in [2.24, 2.45) is 5.10 Å². The van der Waals surface area contributed by atoms with Crippen LogP contribution in [0.2, 0.25) is 0 Å². The average molecular weight is 585 g/mol. The minimum absolute atomic E-state index is 0.0327. The Hall–Kier alpha value is -4.95. The van der Waals surface area contributed by atoms with Crippen LogP contribution >= 0.6 is 0 Å². The van der Waals surface area contributed by atoms with Crippen LogP contribution < -0.4 is 4.90 Å². The Morgan fingerprint density at radius 1 is 1.14 bits per heavy atom. The van der Waals surface area contributed by atoms with Gasteiger partial charge in [0.15, 0.2) is 6.67 Å². The van der Waals surface area contributed by atoms with Crippen molar-refractivity contribution < 1.29 is 33.0 Å². The molecule has 1 fully saturated rings. The topological polar surface area (TPSA) is 142 Å². The largest absolute Gasteiger partial charge is 0.547 e. The number of carbonyl (C=O) groups excluding carboxylic acids is 2. The third-order valence-electron chi connectivity index (χ3n) is 7.06. The van der Waals surface area contributed by atoms with Crippen LogP contribution in [0.4, 0.5) is 24.1 Å². The van der Waals surface area contributed by atoms with Gasteiger partial charge in [0.25, 0.3) is 0 Å². The van der Waals surface area contributed by atoms with Gasteiger partial charge < -0.3 is 19.5 Å². The van der Waals surface area contributed by atoms with Crippen LogP contribution in [-0.2, 0) is 15.1 Å². The molecule has 0 aliphatic carbocycles. The Morgan fingerprint density at radius 3 is 2.60 bits per heavy atom. The molecule has 0 radical (unpaired) electrons. The molecule has 2 amide bonds. The predicted octanol–water partition coefficient (Wildman–Crippen LogP) is 1.98. The second-order valence-corrected chi connectivity index (χ2v) is 9.63. The van der Waals surface area contributed by atoms with Crippen LogP contribution in [0.25, 0.3) is 5.69 Å². The number of β-amino-alcohol motifs (C(OH)–C–C–N with tert-alkyl or cyclic N) is 1. The number of anilines is 1. The van der Waals surface area contributed by atoms with Gasteiger partial charge in [-0.2, -0.15) is 0 Å². The Labute approximate surface area is 239 Å². The fourth-order valence-electron chi connectivity index (χ4n) is 4.87. The molecule has 0 unspecified atom stereocenters. The first-order valence-electron chi connectivity index (χ1n) is 13.0. The highest BCUT2D eigenvalue weighted by molar-refractivity contribution is 5.94. The number of rotatable bonds is 10. The number of aliphatic hydroxyl groups is 1. The number of hydrazone groups is 1. The number of hydrogen-bond donors (Lipinski definition) is 1. The number of benzene rings is 2. The zero-order valence-corrected chi connectivity index (χ0v) is 22.8. The maximum absolute atomic E-state index is 15.1. The first-order chi connectivity index (χ1) is 20.2. The van der Waals surface area contributed by atoms with E-state index in [-0.39, 0.29) is 38.7 Å². The third kappa shape index (κ3) is 5.75. The Balaban J connectivity index is 1.34. The highest BCUT2D eigenvalue weighted by Crippen LogP contribution is 2.35. The van der Waals surface area contributed by atoms with Gasteiger partial charge in [-0.05, 0) is 54.6 Å². The fraction of sp³-hybridized carbons (Fsp3) is 0.385. The summed E-state index contributed by atoms with van der Waals surface area (Å²) in [5.41, 5.74) is -0.924. The third-order valence-corrected chi connectivity index (χ3v) is 7.06. The Bertz CT molecular complexity index is 1440. The normalized spacial score (nSPS) is 16.9. The average Bonchev–Trinajstić information content (AvgIpc) is 3.74. The summed E-state index contributed by atoms with van der Waals surface area (Å²) >= 11 is 0. The van der Waals surface area contributed by atoms with Crippen molar-refractivity contribution in [3.63, 3.8) is 0 Å². The van der Waals surface area contributed by atoms with Crippen molar-refractivity contribution in [2.45, 2.75) is 25.5 Å². The molecule has 2 aliphatic heterocycles. The molecule has 16 heteroatoms. The second-order valence-electron chi connectivity index (χ2n) is 9.63. The van der Waals surface area contributed by atoms with Gasteiger partial charge in [-0.3, -0.25) is 4.90 Å². The van der Waals surface area contributed by atoms with E-state index in [4.69, 9.17) is 9.47 Å². The lowest BCUT2D eigenvalue weighted by Crippen LogP contribution is -2.55. The maximum Gasteiger partial charge on any atom is 0.547 e. The summed E-state index contributed by atoms with van der Waals surface area (Å²) in [6.45, 7) is 3.45. The van der Waals surface area contributed by atoms with Crippen LogP contribution in [0.3, 0.4) is 0 Å². The molecule has 2 atom stereocenters. The van der Waals surface area contributed by atoms with E-state index in [9.17, 15) is 19.1 Å². The lowest BCUT2D eigenvalue weighted by atomic mass is 9.85. The van der Waals surface area contributed by atoms with E-state index in [1.165, 1.54) is 30.7 Å². The lowest BCUT2D eigenvalue weighted by Gasteiger charge is -2.40. The summed E-state index contributed by atoms with van der Waals surface area (Å²) in [4.78, 5) is 29.5. The molecule has 220 valence electrons. The van der Waals surface area contributed by atoms with Gasteiger partial charge in [-0.25, -0.2) is 28.1 Å². The Morgan fingerprint density at radius 2 is 1.90 bits per heavy atom. The molecule has 1 N–H and O–H groups in total. The zero-order chi connectivity index (χ0) is 29.9. The van der Waals surface area contributed by atoms with Crippen molar-refractivity contribution in [3.8, 4) is 5.69 Å². The number of hydrogen-bond acceptors (Lipinski definition) is 11. The van der Waals surface area contributed by atoms with E-state index in [1.54, 1.807) is 38.1 Å². The summed E-state index contributed by atoms with van der Waals surface area (Å²) in [5, 5.41) is 28.6. The minimum atomic E-state index is -2.03. The molecule has 42 heavy (non-hydrogen) atoms. The van der Waals surface area contributed by atoms with Gasteiger partial charge in [-0.1, -0.05) is 11.0 Å². The zero-order valence-electron chi connectivity index (χ0n) is 22.8. The van der Waals surface area contributed by atoms with Gasteiger partial charge in [0.1, 0.15) is 28.7 Å². The van der Waals surface area contributed by atoms with Gasteiger partial charge in [0.2, 0.25) is 6.73 Å². The first kappa shape index (κ1) is 28.6. The van der Waals surface area contributed by atoms with Crippen molar-refractivity contribution in [1.82, 2.24) is 35.0 Å². The molecule has 0 spiro atoms. The molecule has 3 aromatic rings. The second kappa shape index (κ2) is 11.9. The van der Waals surface area contributed by atoms with Gasteiger partial charge >= 0.3 is 18.5 Å². The smallest absolute Gasteiger partial charge is 0.435 e. The van der Waals surface area contributed by atoms with E-state index in [0.717, 1.165) is 12.1 Å². The van der Waals surface area contributed by atoms with Gasteiger partial charge in [0.05, 0.1) is 24.9 Å². The van der Waals surface area contributed by atoms with Crippen LogP contribution in [-0.4, -0.2) is 104 Å². The number of halogens is 2. The standard InChI is InChI=1S/C26H28F2N9O5/c1-3-41-25(39)42-17-33-15-30-34(16-33)13-26(40,22-9-4-19(27)12-23(22)28)18(2)35-10-11-36(24(35)38)20-5-7-21(8-6-20)37-14-29-31-32-37/h4-9,12,14,18,40H,3,10-11,13,16-17H2,1-2H3/q+1/t18-,26+/m1/s1. The Kier molecular flexibility index (Phi) is 8.08. The number of carbonyl (C=O) groups is 2. The van der Waals surface area contributed by atoms with Crippen molar-refractivity contribution in [1.29, 1.82) is 0 Å². The molecule has 0 bridgehead atoms. The van der Waals surface area contributed by atoms with Crippen LogP contribution in [0.5, 0.6) is 0 Å². The van der Waals surface area contributed by atoms with Gasteiger partial charge in [-0.15, -0.1) is 5.10 Å². The molecule has 1 aromatic heterocycles. The summed E-state index contributed by atoms with van der Waals surface area (Å²) in [6.07, 6.45) is 3.23. The van der Waals surface area contributed by atoms with Crippen LogP contribution in [0.1, 0.15) is 19.4 Å². The molecule has 5 rings (SSSR count). The SMILES string of the molecule is CCOC(=O)OCN1[C+]=NN(C[C@@](O)(c2ccc(F)cc2F)[C@@H](C)N2CCN(c3ccc(-n4cnnn4)cc3)C2=O)C1. The molecule has 0 saturated carbocycles. The van der Waals surface area contributed by atoms with E-state index in [0.29, 0.717) is 24.0 Å². The van der Waals surface area contributed by atoms with Gasteiger partial charge in [0, 0.05) is 30.4 Å². The molecule has 14 nitrogen and oxygen atoms in total. The number of urea groups is 1. The summed E-state index contributed by atoms with van der Waals surface area (Å²) in [7, 11) is 0. The number of ether oxygens (including phenoxy) is 2. The summed E-state index contributed by atoms with van der Waals surface area (Å²) < 4.78 is 40.1. The lowest BCUT2D eigenvalue weighted by molar-refractivity contribution is -0.0601. The molecular weight excluding hydrogens is 556 g/mol. The maximum atomic E-state index is 15.1. The monoisotopic (exact) mass is 584 g/mol. The number of tetrazole rings is 1. The fourth-order valence-corrected chi connectivity index (χ4v) is 4.87. The van der Waals surface area contributed by atoms with Crippen LogP contribution in [0.15, 0.2) is 53.9 Å².